The lowest BCUT2D eigenvalue weighted by atomic mass is 10.0. The van der Waals surface area contributed by atoms with Gasteiger partial charge in [0.25, 0.3) is 6.43 Å². The first-order chi connectivity index (χ1) is 12.5. The van der Waals surface area contributed by atoms with Crippen LogP contribution in [0.1, 0.15) is 35.6 Å². The maximum absolute atomic E-state index is 12.7. The molecule has 2 aromatic carbocycles. The van der Waals surface area contributed by atoms with Crippen LogP contribution in [0.5, 0.6) is 0 Å². The van der Waals surface area contributed by atoms with E-state index in [9.17, 15) is 23.8 Å². The first-order valence-corrected chi connectivity index (χ1v) is 8.16. The van der Waals surface area contributed by atoms with Crippen LogP contribution in [-0.2, 0) is 11.3 Å². The largest absolute Gasteiger partial charge is 0.445 e. The van der Waals surface area contributed by atoms with Crippen LogP contribution in [0.3, 0.4) is 0 Å². The molecule has 0 saturated carbocycles. The summed E-state index contributed by atoms with van der Waals surface area (Å²) in [5.41, 5.74) is 0.815. The summed E-state index contributed by atoms with van der Waals surface area (Å²) in [6.45, 7) is 0.193. The number of amides is 1. The van der Waals surface area contributed by atoms with Crippen LogP contribution in [-0.4, -0.2) is 29.0 Å². The predicted molar refractivity (Wildman–Crippen MR) is 91.6 cm³/mol. The molecule has 0 heterocycles. The van der Waals surface area contributed by atoms with Gasteiger partial charge in [-0.05, 0) is 23.6 Å². The summed E-state index contributed by atoms with van der Waals surface area (Å²) in [7, 11) is 0. The number of ether oxygens (including phenoxy) is 1. The van der Waals surface area contributed by atoms with E-state index in [1.807, 2.05) is 30.3 Å². The number of hydrogen-bond acceptors (Lipinski definition) is 4. The summed E-state index contributed by atoms with van der Waals surface area (Å²) in [6, 6.07) is 14.4. The number of rotatable bonds is 8. The molecule has 0 saturated heterocycles. The minimum atomic E-state index is -2.65. The Morgan fingerprint density at radius 2 is 1.73 bits per heavy atom. The number of aliphatic hydroxyl groups excluding tert-OH is 2. The SMILES string of the molecule is O=C(NCCC(O)C(O)c1cccc(C(F)F)c1)OCc1ccccc1. The average Bonchev–Trinajstić information content (AvgIpc) is 2.66. The Morgan fingerprint density at radius 3 is 2.42 bits per heavy atom. The lowest BCUT2D eigenvalue weighted by Crippen LogP contribution is -2.29. The van der Waals surface area contributed by atoms with E-state index in [-0.39, 0.29) is 30.7 Å². The van der Waals surface area contributed by atoms with Gasteiger partial charge in [-0.1, -0.05) is 48.5 Å². The number of aliphatic hydroxyl groups is 2. The fourth-order valence-electron chi connectivity index (χ4n) is 2.35. The topological polar surface area (TPSA) is 78.8 Å². The number of alkyl carbamates (subject to hydrolysis) is 1. The molecule has 0 bridgehead atoms. The maximum atomic E-state index is 12.7. The van der Waals surface area contributed by atoms with Crippen LogP contribution in [0, 0.1) is 0 Å². The van der Waals surface area contributed by atoms with Crippen molar-refractivity contribution in [2.75, 3.05) is 6.54 Å². The summed E-state index contributed by atoms with van der Waals surface area (Å²) in [4.78, 5) is 11.6. The molecule has 140 valence electrons. The van der Waals surface area contributed by atoms with E-state index >= 15 is 0 Å². The van der Waals surface area contributed by atoms with E-state index in [0.717, 1.165) is 11.6 Å². The van der Waals surface area contributed by atoms with Crippen molar-refractivity contribution in [3.05, 3.63) is 71.3 Å². The Morgan fingerprint density at radius 1 is 1.04 bits per heavy atom. The Bertz CT molecular complexity index is 697. The van der Waals surface area contributed by atoms with Gasteiger partial charge in [0.05, 0.1) is 6.10 Å². The Kier molecular flexibility index (Phi) is 7.50. The average molecular weight is 365 g/mol. The van der Waals surface area contributed by atoms with Crippen LogP contribution < -0.4 is 5.32 Å². The predicted octanol–water partition coefficient (Wildman–Crippen LogP) is 3.34. The molecule has 0 radical (unpaired) electrons. The molecule has 0 aliphatic carbocycles. The number of benzene rings is 2. The minimum Gasteiger partial charge on any atom is -0.445 e. The standard InChI is InChI=1S/C19H21F2NO4/c20-18(21)15-8-4-7-14(11-15)17(24)16(23)9-10-22-19(25)26-12-13-5-2-1-3-6-13/h1-8,11,16-18,23-24H,9-10,12H2,(H,22,25). The van der Waals surface area contributed by atoms with Crippen LogP contribution in [0.15, 0.2) is 54.6 Å². The summed E-state index contributed by atoms with van der Waals surface area (Å²) in [5, 5.41) is 22.5. The van der Waals surface area contributed by atoms with Crippen molar-refractivity contribution in [2.24, 2.45) is 0 Å². The highest BCUT2D eigenvalue weighted by Gasteiger charge is 2.20. The van der Waals surface area contributed by atoms with E-state index in [2.05, 4.69) is 5.32 Å². The molecule has 1 amide bonds. The summed E-state index contributed by atoms with van der Waals surface area (Å²) in [6.07, 6.45) is -5.79. The minimum absolute atomic E-state index is 0.0422. The number of hydrogen-bond donors (Lipinski definition) is 3. The van der Waals surface area contributed by atoms with Gasteiger partial charge in [-0.2, -0.15) is 0 Å². The third-order valence-corrected chi connectivity index (χ3v) is 3.79. The summed E-state index contributed by atoms with van der Waals surface area (Å²) >= 11 is 0. The lowest BCUT2D eigenvalue weighted by Gasteiger charge is -2.19. The third kappa shape index (κ3) is 6.09. The van der Waals surface area contributed by atoms with E-state index in [1.54, 1.807) is 0 Å². The maximum Gasteiger partial charge on any atom is 0.407 e. The highest BCUT2D eigenvalue weighted by molar-refractivity contribution is 5.67. The second-order valence-corrected chi connectivity index (χ2v) is 5.76. The number of nitrogens with one attached hydrogen (secondary N) is 1. The molecule has 2 rings (SSSR count). The van der Waals surface area contributed by atoms with Crippen LogP contribution in [0.4, 0.5) is 13.6 Å². The molecule has 5 nitrogen and oxygen atoms in total. The van der Waals surface area contributed by atoms with Crippen molar-refractivity contribution in [3.8, 4) is 0 Å². The van der Waals surface area contributed by atoms with Gasteiger partial charge < -0.3 is 20.3 Å². The van der Waals surface area contributed by atoms with E-state index < -0.39 is 24.7 Å². The van der Waals surface area contributed by atoms with Crippen LogP contribution in [0.25, 0.3) is 0 Å². The number of alkyl halides is 2. The Balaban J connectivity index is 1.74. The van der Waals surface area contributed by atoms with Gasteiger partial charge in [0.15, 0.2) is 0 Å². The van der Waals surface area contributed by atoms with Gasteiger partial charge in [-0.25, -0.2) is 13.6 Å². The molecule has 2 unspecified atom stereocenters. The number of halogens is 2. The summed E-state index contributed by atoms with van der Waals surface area (Å²) in [5.74, 6) is 0. The molecule has 0 aliphatic rings. The molecule has 0 aliphatic heterocycles. The molecule has 2 atom stereocenters. The first kappa shape index (κ1) is 19.8. The van der Waals surface area contributed by atoms with Crippen molar-refractivity contribution >= 4 is 6.09 Å². The highest BCUT2D eigenvalue weighted by atomic mass is 19.3. The van der Waals surface area contributed by atoms with Gasteiger partial charge in [-0.3, -0.25) is 0 Å². The first-order valence-electron chi connectivity index (χ1n) is 8.16. The molecule has 26 heavy (non-hydrogen) atoms. The van der Waals surface area contributed by atoms with E-state index in [4.69, 9.17) is 4.74 Å². The summed E-state index contributed by atoms with van der Waals surface area (Å²) < 4.78 is 30.4. The zero-order valence-electron chi connectivity index (χ0n) is 14.0. The molecule has 7 heteroatoms. The second kappa shape index (κ2) is 9.84. The zero-order chi connectivity index (χ0) is 18.9. The zero-order valence-corrected chi connectivity index (χ0v) is 14.0. The normalized spacial score (nSPS) is 13.3. The van der Waals surface area contributed by atoms with Crippen molar-refractivity contribution < 1.29 is 28.5 Å². The fourth-order valence-corrected chi connectivity index (χ4v) is 2.35. The fraction of sp³-hybridized carbons (Fsp3) is 0.316. The quantitative estimate of drug-likeness (QED) is 0.670. The van der Waals surface area contributed by atoms with Crippen LogP contribution in [0.2, 0.25) is 0 Å². The Hall–Kier alpha value is -2.51. The smallest absolute Gasteiger partial charge is 0.407 e. The van der Waals surface area contributed by atoms with Gasteiger partial charge in [0.1, 0.15) is 12.7 Å². The molecular weight excluding hydrogens is 344 g/mol. The molecule has 0 aromatic heterocycles. The monoisotopic (exact) mass is 365 g/mol. The van der Waals surface area contributed by atoms with E-state index in [1.165, 1.54) is 18.2 Å². The van der Waals surface area contributed by atoms with Crippen molar-refractivity contribution in [3.63, 3.8) is 0 Å². The van der Waals surface area contributed by atoms with Gasteiger partial charge >= 0.3 is 6.09 Å². The molecule has 0 spiro atoms. The molecule has 2 aromatic rings. The van der Waals surface area contributed by atoms with E-state index in [0.29, 0.717) is 0 Å². The number of carbonyl (C=O) groups is 1. The Labute approximate surface area is 150 Å². The van der Waals surface area contributed by atoms with Crippen molar-refractivity contribution in [2.45, 2.75) is 31.7 Å². The molecule has 3 N–H and O–H groups in total. The molecular formula is C19H21F2NO4. The van der Waals surface area contributed by atoms with Gasteiger partial charge in [-0.15, -0.1) is 0 Å². The van der Waals surface area contributed by atoms with Crippen LogP contribution >= 0.6 is 0 Å². The van der Waals surface area contributed by atoms with Crippen molar-refractivity contribution in [1.29, 1.82) is 0 Å². The lowest BCUT2D eigenvalue weighted by molar-refractivity contribution is 0.0134. The third-order valence-electron chi connectivity index (χ3n) is 3.79. The highest BCUT2D eigenvalue weighted by Crippen LogP contribution is 2.24. The second-order valence-electron chi connectivity index (χ2n) is 5.76. The van der Waals surface area contributed by atoms with Crippen molar-refractivity contribution in [1.82, 2.24) is 5.32 Å². The molecule has 0 fully saturated rings. The van der Waals surface area contributed by atoms with Gasteiger partial charge in [0.2, 0.25) is 0 Å². The number of carbonyl (C=O) groups excluding carboxylic acids is 1. The van der Waals surface area contributed by atoms with Gasteiger partial charge in [0, 0.05) is 12.1 Å².